The quantitative estimate of drug-likeness (QED) is 0.688. The van der Waals surface area contributed by atoms with Crippen molar-refractivity contribution in [1.82, 2.24) is 4.90 Å². The van der Waals surface area contributed by atoms with E-state index in [-0.39, 0.29) is 0 Å². The molecule has 3 unspecified atom stereocenters. The normalized spacial score (nSPS) is 30.9. The van der Waals surface area contributed by atoms with Crippen LogP contribution in [-0.2, 0) is 4.74 Å². The Hall–Kier alpha value is -0.600. The molecule has 2 aliphatic rings. The van der Waals surface area contributed by atoms with Crippen LogP contribution in [0.4, 0.5) is 0 Å². The molecule has 0 N–H and O–H groups in total. The zero-order chi connectivity index (χ0) is 15.2. The molecule has 120 valence electrons. The summed E-state index contributed by atoms with van der Waals surface area (Å²) >= 11 is 0. The summed E-state index contributed by atoms with van der Waals surface area (Å²) in [7, 11) is 0. The molecule has 21 heavy (non-hydrogen) atoms. The molecule has 1 aliphatic heterocycles. The van der Waals surface area contributed by atoms with Gasteiger partial charge in [-0.3, -0.25) is 4.90 Å². The topological polar surface area (TPSA) is 12.5 Å². The predicted molar refractivity (Wildman–Crippen MR) is 90.5 cm³/mol. The predicted octanol–water partition coefficient (Wildman–Crippen LogP) is 4.57. The van der Waals surface area contributed by atoms with E-state index < -0.39 is 0 Å². The lowest BCUT2D eigenvalue weighted by Gasteiger charge is -2.38. The summed E-state index contributed by atoms with van der Waals surface area (Å²) in [5.41, 5.74) is 3.14. The first-order valence-corrected chi connectivity index (χ1v) is 8.72. The van der Waals surface area contributed by atoms with E-state index in [2.05, 4.69) is 44.7 Å². The summed E-state index contributed by atoms with van der Waals surface area (Å²) in [6.45, 7) is 12.3. The highest BCUT2D eigenvalue weighted by Gasteiger charge is 2.25. The van der Waals surface area contributed by atoms with E-state index in [0.29, 0.717) is 12.2 Å². The highest BCUT2D eigenvalue weighted by Crippen LogP contribution is 2.28. The fourth-order valence-corrected chi connectivity index (χ4v) is 3.78. The molecule has 0 amide bonds. The molecule has 2 nitrogen and oxygen atoms in total. The molecule has 0 aromatic carbocycles. The van der Waals surface area contributed by atoms with Crippen LogP contribution in [0.5, 0.6) is 0 Å². The maximum Gasteiger partial charge on any atom is 0.0678 e. The lowest BCUT2D eigenvalue weighted by atomic mass is 9.86. The maximum absolute atomic E-state index is 5.84. The van der Waals surface area contributed by atoms with Crippen molar-refractivity contribution in [1.29, 1.82) is 0 Å². The Labute approximate surface area is 131 Å². The molecule has 0 bridgehead atoms. The number of nitrogens with zero attached hydrogens (tertiary/aromatic N) is 1. The summed E-state index contributed by atoms with van der Waals surface area (Å²) in [6.07, 6.45) is 12.1. The lowest BCUT2D eigenvalue weighted by Crippen LogP contribution is -2.47. The molecule has 0 aromatic heterocycles. The zero-order valence-electron chi connectivity index (χ0n) is 14.4. The highest BCUT2D eigenvalue weighted by molar-refractivity contribution is 5.09. The molecule has 1 aliphatic carbocycles. The number of morpholine rings is 1. The van der Waals surface area contributed by atoms with Crippen LogP contribution in [0.15, 0.2) is 23.3 Å². The Bertz CT molecular complexity index is 371. The van der Waals surface area contributed by atoms with Gasteiger partial charge in [-0.1, -0.05) is 23.3 Å². The molecule has 0 saturated carbocycles. The first-order valence-electron chi connectivity index (χ1n) is 8.72. The number of hydrogen-bond acceptors (Lipinski definition) is 2. The van der Waals surface area contributed by atoms with Crippen molar-refractivity contribution >= 4 is 0 Å². The first kappa shape index (κ1) is 16.8. The summed E-state index contributed by atoms with van der Waals surface area (Å²) in [5, 5.41) is 0. The van der Waals surface area contributed by atoms with Gasteiger partial charge in [-0.05, 0) is 65.7 Å². The van der Waals surface area contributed by atoms with Gasteiger partial charge in [0.1, 0.15) is 0 Å². The van der Waals surface area contributed by atoms with Gasteiger partial charge in [0.25, 0.3) is 0 Å². The minimum Gasteiger partial charge on any atom is -0.373 e. The van der Waals surface area contributed by atoms with E-state index in [9.17, 15) is 0 Å². The Morgan fingerprint density at radius 1 is 1.29 bits per heavy atom. The van der Waals surface area contributed by atoms with Crippen molar-refractivity contribution in [2.45, 2.75) is 72.0 Å². The number of allylic oxidation sites excluding steroid dienone is 4. The van der Waals surface area contributed by atoms with Crippen molar-refractivity contribution in [2.75, 3.05) is 19.6 Å². The van der Waals surface area contributed by atoms with E-state index in [0.717, 1.165) is 19.0 Å². The van der Waals surface area contributed by atoms with Crippen LogP contribution in [0.3, 0.4) is 0 Å². The molecule has 1 fully saturated rings. The number of hydrogen-bond donors (Lipinski definition) is 0. The van der Waals surface area contributed by atoms with E-state index >= 15 is 0 Å². The summed E-state index contributed by atoms with van der Waals surface area (Å²) in [5.74, 6) is 0.856. The van der Waals surface area contributed by atoms with Gasteiger partial charge in [0.05, 0.1) is 12.2 Å². The van der Waals surface area contributed by atoms with Gasteiger partial charge in [0.15, 0.2) is 0 Å². The lowest BCUT2D eigenvalue weighted by molar-refractivity contribution is -0.0717. The molecular formula is C19H33NO. The van der Waals surface area contributed by atoms with Gasteiger partial charge in [-0.15, -0.1) is 0 Å². The third-order valence-electron chi connectivity index (χ3n) is 4.59. The summed E-state index contributed by atoms with van der Waals surface area (Å²) in [4.78, 5) is 2.63. The second-order valence-electron chi connectivity index (χ2n) is 7.31. The van der Waals surface area contributed by atoms with Crippen molar-refractivity contribution in [3.05, 3.63) is 23.3 Å². The summed E-state index contributed by atoms with van der Waals surface area (Å²) in [6, 6.07) is 0. The van der Waals surface area contributed by atoms with Crippen molar-refractivity contribution in [2.24, 2.45) is 5.92 Å². The van der Waals surface area contributed by atoms with Crippen LogP contribution < -0.4 is 0 Å². The van der Waals surface area contributed by atoms with Crippen molar-refractivity contribution in [3.8, 4) is 0 Å². The molecule has 2 heteroatoms. The monoisotopic (exact) mass is 291 g/mol. The largest absolute Gasteiger partial charge is 0.373 e. The van der Waals surface area contributed by atoms with Crippen LogP contribution in [0, 0.1) is 5.92 Å². The molecule has 1 saturated heterocycles. The SMILES string of the molecule is CC(C)=CCCC1=CCCC(CN2CC(C)OC(C)C2)C1. The van der Waals surface area contributed by atoms with E-state index in [1.807, 2.05) is 0 Å². The van der Waals surface area contributed by atoms with Gasteiger partial charge in [0.2, 0.25) is 0 Å². The Kier molecular flexibility index (Phi) is 6.50. The fraction of sp³-hybridized carbons (Fsp3) is 0.789. The molecular weight excluding hydrogens is 258 g/mol. The molecule has 2 rings (SSSR count). The molecule has 0 radical (unpaired) electrons. The van der Waals surface area contributed by atoms with Gasteiger partial charge < -0.3 is 4.74 Å². The smallest absolute Gasteiger partial charge is 0.0678 e. The number of rotatable bonds is 5. The van der Waals surface area contributed by atoms with Crippen LogP contribution in [0.25, 0.3) is 0 Å². The third kappa shape index (κ3) is 5.96. The van der Waals surface area contributed by atoms with Gasteiger partial charge in [-0.25, -0.2) is 0 Å². The Morgan fingerprint density at radius 2 is 2.00 bits per heavy atom. The molecule has 0 aromatic rings. The minimum absolute atomic E-state index is 0.394. The second-order valence-corrected chi connectivity index (χ2v) is 7.31. The Balaban J connectivity index is 1.77. The summed E-state index contributed by atoms with van der Waals surface area (Å²) < 4.78 is 5.84. The van der Waals surface area contributed by atoms with Crippen LogP contribution in [0.2, 0.25) is 0 Å². The third-order valence-corrected chi connectivity index (χ3v) is 4.59. The zero-order valence-corrected chi connectivity index (χ0v) is 14.4. The van der Waals surface area contributed by atoms with Gasteiger partial charge >= 0.3 is 0 Å². The van der Waals surface area contributed by atoms with Crippen LogP contribution in [0.1, 0.15) is 59.8 Å². The molecule has 0 spiro atoms. The van der Waals surface area contributed by atoms with Crippen LogP contribution >= 0.6 is 0 Å². The van der Waals surface area contributed by atoms with Gasteiger partial charge in [-0.2, -0.15) is 0 Å². The average Bonchev–Trinajstić information content (AvgIpc) is 2.37. The minimum atomic E-state index is 0.394. The average molecular weight is 291 g/mol. The van der Waals surface area contributed by atoms with E-state index in [4.69, 9.17) is 4.74 Å². The maximum atomic E-state index is 5.84. The van der Waals surface area contributed by atoms with E-state index in [1.54, 1.807) is 5.57 Å². The first-order chi connectivity index (χ1) is 10.0. The van der Waals surface area contributed by atoms with Gasteiger partial charge in [0, 0.05) is 19.6 Å². The standard InChI is InChI=1S/C19H33NO/c1-15(2)7-5-8-18-9-6-10-19(11-18)14-20-12-16(3)21-17(4)13-20/h7,9,16-17,19H,5-6,8,10-14H2,1-4H3. The second kappa shape index (κ2) is 8.14. The highest BCUT2D eigenvalue weighted by atomic mass is 16.5. The number of ether oxygens (including phenoxy) is 1. The van der Waals surface area contributed by atoms with Crippen LogP contribution in [-0.4, -0.2) is 36.7 Å². The molecule has 3 atom stereocenters. The van der Waals surface area contributed by atoms with Crippen molar-refractivity contribution in [3.63, 3.8) is 0 Å². The van der Waals surface area contributed by atoms with E-state index in [1.165, 1.54) is 44.2 Å². The fourth-order valence-electron chi connectivity index (χ4n) is 3.78. The Morgan fingerprint density at radius 3 is 2.67 bits per heavy atom. The van der Waals surface area contributed by atoms with Crippen molar-refractivity contribution < 1.29 is 4.74 Å². The molecule has 1 heterocycles.